The molecule has 12 aromatic rings. The molecule has 101 heavy (non-hydrogen) atoms. The van der Waals surface area contributed by atoms with Gasteiger partial charge in [0.25, 0.3) is 0 Å². The fraction of sp³-hybridized carbons (Fsp3) is 0.101. The molecule has 0 aliphatic heterocycles. The largest absolute Gasteiger partial charge is 0.496 e. The first-order valence-electron chi connectivity index (χ1n) is 32.9. The molecule has 12 aromatic carbocycles. The maximum Gasteiger partial charge on any atom is 0.175 e. The fourth-order valence-corrected chi connectivity index (χ4v) is 11.3. The zero-order valence-electron chi connectivity index (χ0n) is 56.5. The molecule has 0 heterocycles. The van der Waals surface area contributed by atoms with Crippen LogP contribution >= 0.6 is 0 Å². The maximum atomic E-state index is 7.53. The van der Waals surface area contributed by atoms with Gasteiger partial charge in [-0.1, -0.05) is 194 Å². The molecular weight excluding hydrogens is 1250 g/mol. The van der Waals surface area contributed by atoms with Crippen molar-refractivity contribution in [3.05, 3.63) is 360 Å². The molecule has 0 amide bonds. The van der Waals surface area contributed by atoms with Crippen LogP contribution in [0.4, 0.5) is 22.7 Å². The molecule has 496 valence electrons. The second-order valence-corrected chi connectivity index (χ2v) is 23.0. The Bertz CT molecular complexity index is 5010. The van der Waals surface area contributed by atoms with Crippen molar-refractivity contribution in [2.45, 2.75) is 25.2 Å². The van der Waals surface area contributed by atoms with Gasteiger partial charge in [-0.2, -0.15) is 0 Å². The van der Waals surface area contributed by atoms with Gasteiger partial charge in [0.1, 0.15) is 58.7 Å². The molecule has 0 fully saturated rings. The molecule has 12 heteroatoms. The highest BCUT2D eigenvalue weighted by Crippen LogP contribution is 2.40. The number of hydrogen-bond acceptors (Lipinski definition) is 12. The van der Waals surface area contributed by atoms with Crippen LogP contribution in [0.15, 0.2) is 335 Å². The molecule has 0 saturated heterocycles. The average molecular weight is 1330 g/mol. The molecule has 0 bridgehead atoms. The van der Waals surface area contributed by atoms with Gasteiger partial charge in [0.2, 0.25) is 0 Å². The number of para-hydroxylation sites is 4. The van der Waals surface area contributed by atoms with Crippen LogP contribution < -0.4 is 37.9 Å². The van der Waals surface area contributed by atoms with Gasteiger partial charge in [0, 0.05) is 22.3 Å². The van der Waals surface area contributed by atoms with E-state index in [1.54, 1.807) is 28.4 Å². The van der Waals surface area contributed by atoms with Gasteiger partial charge in [-0.3, -0.25) is 0 Å². The second-order valence-electron chi connectivity index (χ2n) is 23.0. The third-order valence-corrected chi connectivity index (χ3v) is 16.3. The summed E-state index contributed by atoms with van der Waals surface area (Å²) < 4.78 is 53.9. The fourth-order valence-electron chi connectivity index (χ4n) is 11.3. The van der Waals surface area contributed by atoms with Crippen LogP contribution in [0.2, 0.25) is 0 Å². The van der Waals surface area contributed by atoms with E-state index in [0.717, 1.165) is 45.0 Å². The van der Waals surface area contributed by atoms with E-state index in [-0.39, 0.29) is 6.61 Å². The molecular formula is C89H72N4O8. The molecule has 0 aliphatic carbocycles. The standard InChI is InChI=1S/C89H72N4O8/c1-63(99-73-47-51-85(95-3)77(55-73)81(65-32-16-7-17-33-65)59-91-69-40-24-11-25-41-69)89(101-75-49-53-87(97-5)79(57-75)83(67-36-20-9-21-37-67)61-93-71-44-28-13-29-45-71)88(100-74-48-52-86(96-4)78(56-74)82(66-34-18-8-19-35-66)60-92-70-42-26-12-27-43-70)62-98-72-46-50-84(94-2)76(54-72)80(64-30-14-6-15-31-64)58-90-68-38-22-10-23-39-68/h6-57,63,88-89H,62H2,1-5H3. The van der Waals surface area contributed by atoms with E-state index < -0.39 is 18.3 Å². The van der Waals surface area contributed by atoms with Crippen molar-refractivity contribution in [1.29, 1.82) is 0 Å². The first kappa shape index (κ1) is 67.8. The summed E-state index contributed by atoms with van der Waals surface area (Å²) in [5.74, 6) is 17.7. The molecule has 3 unspecified atom stereocenters. The van der Waals surface area contributed by atoms with Gasteiger partial charge in [-0.15, -0.1) is 0 Å². The third-order valence-electron chi connectivity index (χ3n) is 16.3. The van der Waals surface area contributed by atoms with Crippen molar-refractivity contribution in [2.75, 3.05) is 35.0 Å². The van der Waals surface area contributed by atoms with E-state index in [4.69, 9.17) is 57.9 Å². The summed E-state index contributed by atoms with van der Waals surface area (Å²) >= 11 is 0. The van der Waals surface area contributed by atoms with Gasteiger partial charge < -0.3 is 37.9 Å². The Kier molecular flexibility index (Phi) is 22.9. The molecule has 0 radical (unpaired) electrons. The quantitative estimate of drug-likeness (QED) is 0.0467. The number of ether oxygens (including phenoxy) is 8. The number of nitrogens with zero attached hydrogens (tertiary/aromatic N) is 4. The second kappa shape index (κ2) is 34.2. The lowest BCUT2D eigenvalue weighted by atomic mass is 9.97. The summed E-state index contributed by atoms with van der Waals surface area (Å²) in [6.45, 7) is 1.84. The lowest BCUT2D eigenvalue weighted by Crippen LogP contribution is -2.49. The van der Waals surface area contributed by atoms with E-state index in [2.05, 4.69) is 23.5 Å². The van der Waals surface area contributed by atoms with E-state index in [1.165, 1.54) is 0 Å². The van der Waals surface area contributed by atoms with E-state index >= 15 is 0 Å². The third kappa shape index (κ3) is 17.7. The zero-order chi connectivity index (χ0) is 69.4. The van der Waals surface area contributed by atoms with Gasteiger partial charge in [0.05, 0.1) is 73.5 Å². The summed E-state index contributed by atoms with van der Waals surface area (Å²) in [6.07, 6.45) is -2.87. The minimum atomic E-state index is -1.02. The first-order valence-corrected chi connectivity index (χ1v) is 32.9. The Balaban J connectivity index is 1.04. The summed E-state index contributed by atoms with van der Waals surface area (Å²) in [5.41, 5.74) is 11.7. The van der Waals surface area contributed by atoms with Crippen LogP contribution in [0.5, 0.6) is 46.0 Å². The molecule has 12 nitrogen and oxygen atoms in total. The lowest BCUT2D eigenvalue weighted by Gasteiger charge is -2.33. The van der Waals surface area contributed by atoms with Crippen molar-refractivity contribution in [3.63, 3.8) is 0 Å². The minimum Gasteiger partial charge on any atom is -0.496 e. The predicted molar refractivity (Wildman–Crippen MR) is 406 cm³/mol. The van der Waals surface area contributed by atoms with Crippen molar-refractivity contribution < 1.29 is 37.9 Å². The monoisotopic (exact) mass is 1320 g/mol. The van der Waals surface area contributed by atoms with Crippen LogP contribution in [0.3, 0.4) is 0 Å². The normalized spacial score (nSPS) is 11.4. The van der Waals surface area contributed by atoms with Crippen molar-refractivity contribution in [3.8, 4) is 46.0 Å². The van der Waals surface area contributed by atoms with E-state index in [0.29, 0.717) is 90.5 Å². The van der Waals surface area contributed by atoms with E-state index in [9.17, 15) is 0 Å². The summed E-state index contributed by atoms with van der Waals surface area (Å²) in [7, 11) is 6.56. The van der Waals surface area contributed by atoms with Crippen molar-refractivity contribution in [2.24, 2.45) is 20.0 Å². The molecule has 0 aromatic heterocycles. The van der Waals surface area contributed by atoms with Crippen LogP contribution in [-0.2, 0) is 0 Å². The highest BCUT2D eigenvalue weighted by Gasteiger charge is 2.35. The van der Waals surface area contributed by atoms with Gasteiger partial charge in [0.15, 0.2) is 12.2 Å². The molecule has 0 N–H and O–H groups in total. The van der Waals surface area contributed by atoms with Crippen molar-refractivity contribution >= 4 is 68.5 Å². The first-order chi connectivity index (χ1) is 49.8. The van der Waals surface area contributed by atoms with Crippen LogP contribution in [0.1, 0.15) is 51.4 Å². The molecule has 12 rings (SSSR count). The average Bonchev–Trinajstić information content (AvgIpc) is 0.811. The molecule has 0 spiro atoms. The minimum absolute atomic E-state index is 0.114. The molecule has 0 aliphatic rings. The Morgan fingerprint density at radius 2 is 0.535 bits per heavy atom. The summed E-state index contributed by atoms with van der Waals surface area (Å²) in [4.78, 5) is 19.4. The number of aliphatic imine (C=N–C) groups is 4. The summed E-state index contributed by atoms with van der Waals surface area (Å²) in [5, 5.41) is 0. The van der Waals surface area contributed by atoms with Gasteiger partial charge >= 0.3 is 0 Å². The molecule has 3 atom stereocenters. The Labute approximate surface area is 589 Å². The number of methoxy groups -OCH3 is 4. The highest BCUT2D eigenvalue weighted by atomic mass is 16.6. The number of hydrogen-bond donors (Lipinski definition) is 0. The topological polar surface area (TPSA) is 123 Å². The van der Waals surface area contributed by atoms with E-state index in [1.807, 2.05) is 322 Å². The lowest BCUT2D eigenvalue weighted by molar-refractivity contribution is -0.0322. The Morgan fingerprint density at radius 1 is 0.287 bits per heavy atom. The van der Waals surface area contributed by atoms with Crippen LogP contribution in [0.25, 0.3) is 22.3 Å². The number of rotatable bonds is 27. The highest BCUT2D eigenvalue weighted by molar-refractivity contribution is 6.04. The predicted octanol–water partition coefficient (Wildman–Crippen LogP) is 20.2. The number of benzene rings is 12. The Hall–Kier alpha value is -13.2. The summed E-state index contributed by atoms with van der Waals surface area (Å²) in [6, 6.07) is 101. The van der Waals surface area contributed by atoms with Crippen LogP contribution in [0, 0.1) is 0 Å². The van der Waals surface area contributed by atoms with Gasteiger partial charge in [-0.25, -0.2) is 20.0 Å². The van der Waals surface area contributed by atoms with Crippen LogP contribution in [-0.4, -0.2) is 76.8 Å². The SMILES string of the molecule is COc1ccc(OCC(Oc2ccc(OC)c(C(=C=Nc3ccccc3)c3ccccc3)c2)C(Oc2ccc(OC)c(C(=C=Nc3ccccc3)c3ccccc3)c2)C(C)Oc2ccc(OC)c(C(=C=Nc3ccccc3)c3ccccc3)c2)cc1C(=C=Nc1ccccc1)c1ccccc1. The smallest absolute Gasteiger partial charge is 0.175 e. The molecule has 0 saturated carbocycles. The van der Waals surface area contributed by atoms with Crippen molar-refractivity contribution in [1.82, 2.24) is 0 Å². The zero-order valence-corrected chi connectivity index (χ0v) is 56.5. The van der Waals surface area contributed by atoms with Gasteiger partial charge in [-0.05, 0) is 174 Å². The maximum absolute atomic E-state index is 7.53. The Morgan fingerprint density at radius 3 is 0.822 bits per heavy atom.